The first-order valence-electron chi connectivity index (χ1n) is 3.20. The summed E-state index contributed by atoms with van der Waals surface area (Å²) in [5.41, 5.74) is 5.32. The summed E-state index contributed by atoms with van der Waals surface area (Å²) in [7, 11) is 0. The quantitative estimate of drug-likeness (QED) is 0.413. The molecule has 0 saturated carbocycles. The molecule has 0 amide bonds. The molecule has 0 bridgehead atoms. The van der Waals surface area contributed by atoms with Gasteiger partial charge in [-0.05, 0) is 13.8 Å². The molecule has 0 aromatic heterocycles. The van der Waals surface area contributed by atoms with Crippen LogP contribution in [0.1, 0.15) is 13.8 Å². The highest BCUT2D eigenvalue weighted by Crippen LogP contribution is 1.71. The van der Waals surface area contributed by atoms with Crippen molar-refractivity contribution in [3.8, 4) is 0 Å². The number of nitrogens with one attached hydrogen (secondary N) is 1. The minimum Gasteiger partial charge on any atom is -0.370 e. The molecule has 0 unspecified atom stereocenters. The Hall–Kier alpha value is -1.06. The van der Waals surface area contributed by atoms with E-state index >= 15 is 0 Å². The monoisotopic (exact) mass is 143 g/mol. The largest absolute Gasteiger partial charge is 0.370 e. The van der Waals surface area contributed by atoms with Gasteiger partial charge in [0.25, 0.3) is 0 Å². The van der Waals surface area contributed by atoms with E-state index in [0.29, 0.717) is 5.96 Å². The number of carbonyl (C=O) groups is 1. The molecule has 4 heteroatoms. The van der Waals surface area contributed by atoms with Crippen LogP contribution in [0.4, 0.5) is 0 Å². The van der Waals surface area contributed by atoms with Crippen LogP contribution in [0.15, 0.2) is 4.99 Å². The molecule has 0 radical (unpaired) electrons. The molecule has 0 atom stereocenters. The van der Waals surface area contributed by atoms with Gasteiger partial charge in [0.2, 0.25) is 0 Å². The topological polar surface area (TPSA) is 67.5 Å². The van der Waals surface area contributed by atoms with Crippen LogP contribution >= 0.6 is 0 Å². The molecular formula is C6H13N3O. The Morgan fingerprint density at radius 2 is 2.30 bits per heavy atom. The normalized spacial score (nSPS) is 11.2. The lowest BCUT2D eigenvalue weighted by Gasteiger charge is -1.98. The fraction of sp³-hybridized carbons (Fsp3) is 0.667. The maximum atomic E-state index is 10.4. The van der Waals surface area contributed by atoms with E-state index in [9.17, 15) is 4.79 Å². The lowest BCUT2D eigenvalue weighted by Crippen LogP contribution is -2.31. The summed E-state index contributed by atoms with van der Waals surface area (Å²) in [6.07, 6.45) is 0. The Kier molecular flexibility index (Phi) is 4.28. The van der Waals surface area contributed by atoms with Crippen LogP contribution < -0.4 is 11.1 Å². The van der Waals surface area contributed by atoms with Crippen molar-refractivity contribution in [1.82, 2.24) is 5.32 Å². The van der Waals surface area contributed by atoms with E-state index in [2.05, 4.69) is 10.3 Å². The number of aliphatic imine (C=N–C) groups is 1. The van der Waals surface area contributed by atoms with Gasteiger partial charge in [-0.1, -0.05) is 0 Å². The number of Topliss-reactive ketones (excluding diaryl/α,β-unsaturated/α-hetero) is 1. The number of carbonyl (C=O) groups excluding carboxylic acids is 1. The van der Waals surface area contributed by atoms with Crippen LogP contribution in [0, 0.1) is 0 Å². The summed E-state index contributed by atoms with van der Waals surface area (Å²) >= 11 is 0. The van der Waals surface area contributed by atoms with Crippen molar-refractivity contribution in [3.05, 3.63) is 0 Å². The molecule has 0 heterocycles. The maximum absolute atomic E-state index is 10.4. The minimum atomic E-state index is 0.0147. The molecule has 0 aromatic carbocycles. The van der Waals surface area contributed by atoms with Gasteiger partial charge >= 0.3 is 0 Å². The molecule has 0 aliphatic carbocycles. The second-order valence-corrected chi connectivity index (χ2v) is 1.93. The highest BCUT2D eigenvalue weighted by molar-refractivity contribution is 5.83. The Morgan fingerprint density at radius 1 is 1.70 bits per heavy atom. The molecular weight excluding hydrogens is 130 g/mol. The Balaban J connectivity index is 3.57. The molecule has 0 fully saturated rings. The molecule has 0 spiro atoms. The molecule has 0 aliphatic rings. The molecule has 3 N–H and O–H groups in total. The molecule has 0 rings (SSSR count). The lowest BCUT2D eigenvalue weighted by molar-refractivity contribution is -0.115. The van der Waals surface area contributed by atoms with Crippen molar-refractivity contribution in [2.45, 2.75) is 13.8 Å². The van der Waals surface area contributed by atoms with Gasteiger partial charge in [-0.3, -0.25) is 4.79 Å². The van der Waals surface area contributed by atoms with Crippen LogP contribution in [-0.2, 0) is 4.79 Å². The predicted molar refractivity (Wildman–Crippen MR) is 40.8 cm³/mol. The molecule has 4 nitrogen and oxygen atoms in total. The maximum Gasteiger partial charge on any atom is 0.189 e. The second-order valence-electron chi connectivity index (χ2n) is 1.93. The zero-order chi connectivity index (χ0) is 7.98. The second kappa shape index (κ2) is 4.78. The van der Waals surface area contributed by atoms with Gasteiger partial charge in [-0.25, -0.2) is 4.99 Å². The van der Waals surface area contributed by atoms with Crippen molar-refractivity contribution in [2.75, 3.05) is 13.1 Å². The highest BCUT2D eigenvalue weighted by Gasteiger charge is 1.90. The molecule has 58 valence electrons. The van der Waals surface area contributed by atoms with E-state index < -0.39 is 0 Å². The van der Waals surface area contributed by atoms with Crippen LogP contribution in [-0.4, -0.2) is 24.8 Å². The van der Waals surface area contributed by atoms with Gasteiger partial charge in [0, 0.05) is 6.54 Å². The van der Waals surface area contributed by atoms with E-state index in [1.54, 1.807) is 0 Å². The third-order valence-electron chi connectivity index (χ3n) is 0.830. The van der Waals surface area contributed by atoms with E-state index in [1.165, 1.54) is 6.92 Å². The van der Waals surface area contributed by atoms with E-state index in [-0.39, 0.29) is 12.3 Å². The van der Waals surface area contributed by atoms with Gasteiger partial charge in [0.1, 0.15) is 6.54 Å². The zero-order valence-electron chi connectivity index (χ0n) is 6.35. The van der Waals surface area contributed by atoms with E-state index in [0.717, 1.165) is 6.54 Å². The average Bonchev–Trinajstić information content (AvgIpc) is 1.85. The first kappa shape index (κ1) is 8.94. The number of guanidine groups is 1. The molecule has 10 heavy (non-hydrogen) atoms. The average molecular weight is 143 g/mol. The number of rotatable bonds is 3. The van der Waals surface area contributed by atoms with E-state index in [1.807, 2.05) is 6.92 Å². The van der Waals surface area contributed by atoms with E-state index in [4.69, 9.17) is 5.73 Å². The van der Waals surface area contributed by atoms with Crippen molar-refractivity contribution >= 4 is 11.7 Å². The number of nitrogens with zero attached hydrogens (tertiary/aromatic N) is 1. The first-order valence-corrected chi connectivity index (χ1v) is 3.20. The van der Waals surface area contributed by atoms with Crippen molar-refractivity contribution in [3.63, 3.8) is 0 Å². The van der Waals surface area contributed by atoms with Gasteiger partial charge < -0.3 is 11.1 Å². The van der Waals surface area contributed by atoms with Crippen molar-refractivity contribution in [2.24, 2.45) is 10.7 Å². The van der Waals surface area contributed by atoms with Gasteiger partial charge in [0.05, 0.1) is 0 Å². The third-order valence-corrected chi connectivity index (χ3v) is 0.830. The van der Waals surface area contributed by atoms with Gasteiger partial charge in [-0.15, -0.1) is 0 Å². The number of ketones is 1. The fourth-order valence-corrected chi connectivity index (χ4v) is 0.434. The summed E-state index contributed by atoms with van der Waals surface area (Å²) in [5, 5.41) is 2.78. The molecule has 0 aromatic rings. The first-order chi connectivity index (χ1) is 4.66. The SMILES string of the molecule is CCNC(N)=NCC(C)=O. The summed E-state index contributed by atoms with van der Waals surface area (Å²) in [4.78, 5) is 14.1. The Labute approximate surface area is 60.5 Å². The standard InChI is InChI=1S/C6H13N3O/c1-3-8-6(7)9-4-5(2)10/h3-4H2,1-2H3,(H3,7,8,9). The van der Waals surface area contributed by atoms with Crippen LogP contribution in [0.5, 0.6) is 0 Å². The third kappa shape index (κ3) is 5.08. The smallest absolute Gasteiger partial charge is 0.189 e. The Bertz CT molecular complexity index is 142. The zero-order valence-corrected chi connectivity index (χ0v) is 6.35. The summed E-state index contributed by atoms with van der Waals surface area (Å²) < 4.78 is 0. The fourth-order valence-electron chi connectivity index (χ4n) is 0.434. The van der Waals surface area contributed by atoms with Gasteiger partial charge in [0.15, 0.2) is 11.7 Å². The summed E-state index contributed by atoms with van der Waals surface area (Å²) in [6, 6.07) is 0. The minimum absolute atomic E-state index is 0.0147. The van der Waals surface area contributed by atoms with Crippen LogP contribution in [0.3, 0.4) is 0 Å². The number of hydrogen-bond donors (Lipinski definition) is 2. The lowest BCUT2D eigenvalue weighted by atomic mass is 10.5. The predicted octanol–water partition coefficient (Wildman–Crippen LogP) is -0.500. The van der Waals surface area contributed by atoms with Crippen LogP contribution in [0.25, 0.3) is 0 Å². The summed E-state index contributed by atoms with van der Waals surface area (Å²) in [5.74, 6) is 0.346. The van der Waals surface area contributed by atoms with Crippen molar-refractivity contribution < 1.29 is 4.79 Å². The molecule has 0 saturated heterocycles. The van der Waals surface area contributed by atoms with Gasteiger partial charge in [-0.2, -0.15) is 0 Å². The van der Waals surface area contributed by atoms with Crippen molar-refractivity contribution in [1.29, 1.82) is 0 Å². The summed E-state index contributed by atoms with van der Waals surface area (Å²) in [6.45, 7) is 4.28. The Morgan fingerprint density at radius 3 is 2.70 bits per heavy atom. The highest BCUT2D eigenvalue weighted by atomic mass is 16.1. The van der Waals surface area contributed by atoms with Crippen LogP contribution in [0.2, 0.25) is 0 Å². The number of hydrogen-bond acceptors (Lipinski definition) is 2. The number of nitrogens with two attached hydrogens (primary N) is 1. The molecule has 0 aliphatic heterocycles.